The molecule has 1 aromatic carbocycles. The van der Waals surface area contributed by atoms with Crippen LogP contribution in [-0.2, 0) is 5.41 Å². The van der Waals surface area contributed by atoms with Crippen molar-refractivity contribution in [2.75, 3.05) is 10.7 Å². The summed E-state index contributed by atoms with van der Waals surface area (Å²) in [6.45, 7) is 10.4. The van der Waals surface area contributed by atoms with E-state index < -0.39 is 0 Å². The minimum Gasteiger partial charge on any atom is -0.340 e. The van der Waals surface area contributed by atoms with Crippen LogP contribution in [-0.4, -0.2) is 9.97 Å². The fourth-order valence-corrected chi connectivity index (χ4v) is 1.89. The summed E-state index contributed by atoms with van der Waals surface area (Å²) in [7, 11) is 0. The van der Waals surface area contributed by atoms with Gasteiger partial charge in [-0.15, -0.1) is 0 Å². The highest BCUT2D eigenvalue weighted by molar-refractivity contribution is 5.60. The minimum absolute atomic E-state index is 0.146. The number of aromatic nitrogens is 2. The topological polar surface area (TPSA) is 75.9 Å². The van der Waals surface area contributed by atoms with Crippen LogP contribution in [0.4, 0.5) is 17.3 Å². The van der Waals surface area contributed by atoms with Crippen molar-refractivity contribution >= 4 is 17.3 Å². The molecule has 0 bridgehead atoms. The lowest BCUT2D eigenvalue weighted by Crippen LogP contribution is -2.19. The van der Waals surface area contributed by atoms with E-state index in [0.717, 1.165) is 17.3 Å². The van der Waals surface area contributed by atoms with E-state index in [-0.39, 0.29) is 5.41 Å². The number of nitrogens with one attached hydrogen (secondary N) is 2. The van der Waals surface area contributed by atoms with Crippen LogP contribution in [0.3, 0.4) is 0 Å². The molecule has 0 unspecified atom stereocenters. The average Bonchev–Trinajstić information content (AvgIpc) is 2.41. The summed E-state index contributed by atoms with van der Waals surface area (Å²) in [5, 5.41) is 3.31. The number of anilines is 3. The van der Waals surface area contributed by atoms with E-state index in [1.165, 1.54) is 11.1 Å². The second-order valence-electron chi connectivity index (χ2n) is 6.28. The zero-order valence-electron chi connectivity index (χ0n) is 13.3. The van der Waals surface area contributed by atoms with Gasteiger partial charge in [-0.05, 0) is 37.1 Å². The van der Waals surface area contributed by atoms with Crippen LogP contribution >= 0.6 is 0 Å². The maximum absolute atomic E-state index is 5.50. The first-order valence-electron chi connectivity index (χ1n) is 7.00. The molecule has 5 heteroatoms. The third kappa shape index (κ3) is 3.70. The first kappa shape index (κ1) is 15.3. The molecule has 2 aromatic rings. The molecule has 1 heterocycles. The molecule has 1 aromatic heterocycles. The Balaban J connectivity index is 2.36. The van der Waals surface area contributed by atoms with Crippen molar-refractivity contribution < 1.29 is 0 Å². The van der Waals surface area contributed by atoms with Gasteiger partial charge in [-0.1, -0.05) is 26.8 Å². The molecule has 2 rings (SSSR count). The number of aryl methyl sites for hydroxylation is 2. The van der Waals surface area contributed by atoms with Crippen LogP contribution in [0, 0.1) is 13.8 Å². The Morgan fingerprint density at radius 3 is 2.19 bits per heavy atom. The summed E-state index contributed by atoms with van der Waals surface area (Å²) < 4.78 is 0. The van der Waals surface area contributed by atoms with Gasteiger partial charge in [0.15, 0.2) is 0 Å². The number of nitrogens with zero attached hydrogens (tertiary/aromatic N) is 2. The fraction of sp³-hybridized carbons (Fsp3) is 0.375. The standard InChI is InChI=1S/C16H23N5/c1-10-6-7-12(8-11(10)2)18-13-9-14(21-17)20-15(19-13)16(3,4)5/h6-9H,17H2,1-5H3,(H2,18,19,20,21). The molecule has 0 saturated heterocycles. The lowest BCUT2D eigenvalue weighted by atomic mass is 9.96. The van der Waals surface area contributed by atoms with E-state index in [1.54, 1.807) is 6.07 Å². The molecule has 5 nitrogen and oxygen atoms in total. The molecule has 0 aliphatic carbocycles. The maximum Gasteiger partial charge on any atom is 0.145 e. The minimum atomic E-state index is -0.146. The second kappa shape index (κ2) is 5.69. The fourth-order valence-electron chi connectivity index (χ4n) is 1.89. The highest BCUT2D eigenvalue weighted by atomic mass is 15.3. The molecule has 4 N–H and O–H groups in total. The Kier molecular flexibility index (Phi) is 4.14. The van der Waals surface area contributed by atoms with Crippen molar-refractivity contribution in [2.45, 2.75) is 40.0 Å². The quantitative estimate of drug-likeness (QED) is 0.595. The monoisotopic (exact) mass is 285 g/mol. The molecule has 0 aliphatic rings. The van der Waals surface area contributed by atoms with E-state index in [2.05, 4.69) is 67.5 Å². The number of hydrazine groups is 1. The average molecular weight is 285 g/mol. The van der Waals surface area contributed by atoms with Crippen molar-refractivity contribution in [1.29, 1.82) is 0 Å². The van der Waals surface area contributed by atoms with E-state index in [1.807, 2.05) is 6.07 Å². The van der Waals surface area contributed by atoms with Crippen molar-refractivity contribution in [3.05, 3.63) is 41.2 Å². The Hall–Kier alpha value is -2.14. The molecule has 0 radical (unpaired) electrons. The van der Waals surface area contributed by atoms with Gasteiger partial charge in [0.05, 0.1) is 0 Å². The van der Waals surface area contributed by atoms with Crippen molar-refractivity contribution in [1.82, 2.24) is 9.97 Å². The highest BCUT2D eigenvalue weighted by Gasteiger charge is 2.19. The van der Waals surface area contributed by atoms with Gasteiger partial charge in [0.1, 0.15) is 17.5 Å². The summed E-state index contributed by atoms with van der Waals surface area (Å²) in [5.74, 6) is 7.57. The molecule has 0 saturated carbocycles. The van der Waals surface area contributed by atoms with Crippen LogP contribution in [0.25, 0.3) is 0 Å². The number of hydrogen-bond acceptors (Lipinski definition) is 5. The number of rotatable bonds is 3. The summed E-state index contributed by atoms with van der Waals surface area (Å²) in [4.78, 5) is 8.99. The van der Waals surface area contributed by atoms with Crippen LogP contribution in [0.2, 0.25) is 0 Å². The SMILES string of the molecule is Cc1ccc(Nc2cc(NN)nc(C(C)(C)C)n2)cc1C. The summed E-state index contributed by atoms with van der Waals surface area (Å²) in [6, 6.07) is 8.02. The van der Waals surface area contributed by atoms with Crippen LogP contribution in [0.15, 0.2) is 24.3 Å². The van der Waals surface area contributed by atoms with Gasteiger partial charge < -0.3 is 10.7 Å². The van der Waals surface area contributed by atoms with Crippen LogP contribution < -0.4 is 16.6 Å². The van der Waals surface area contributed by atoms with Gasteiger partial charge in [0.2, 0.25) is 0 Å². The third-order valence-corrected chi connectivity index (χ3v) is 3.32. The lowest BCUT2D eigenvalue weighted by molar-refractivity contribution is 0.547. The largest absolute Gasteiger partial charge is 0.340 e. The number of nitrogen functional groups attached to an aromatic ring is 1. The zero-order chi connectivity index (χ0) is 15.6. The Bertz CT molecular complexity index is 644. The van der Waals surface area contributed by atoms with Crippen LogP contribution in [0.5, 0.6) is 0 Å². The molecular weight excluding hydrogens is 262 g/mol. The molecular formula is C16H23N5. The predicted octanol–water partition coefficient (Wildman–Crippen LogP) is 3.42. The van der Waals surface area contributed by atoms with Crippen molar-refractivity contribution in [3.63, 3.8) is 0 Å². The van der Waals surface area contributed by atoms with Crippen molar-refractivity contribution in [3.8, 4) is 0 Å². The highest BCUT2D eigenvalue weighted by Crippen LogP contribution is 2.24. The first-order chi connectivity index (χ1) is 9.79. The van der Waals surface area contributed by atoms with E-state index in [4.69, 9.17) is 5.84 Å². The van der Waals surface area contributed by atoms with E-state index in [0.29, 0.717) is 5.82 Å². The van der Waals surface area contributed by atoms with Gasteiger partial charge in [-0.3, -0.25) is 0 Å². The van der Waals surface area contributed by atoms with Gasteiger partial charge in [-0.2, -0.15) is 0 Å². The maximum atomic E-state index is 5.50. The summed E-state index contributed by atoms with van der Waals surface area (Å²) in [6.07, 6.45) is 0. The van der Waals surface area contributed by atoms with Gasteiger partial charge in [0, 0.05) is 17.2 Å². The summed E-state index contributed by atoms with van der Waals surface area (Å²) >= 11 is 0. The normalized spacial score (nSPS) is 11.3. The van der Waals surface area contributed by atoms with Crippen LogP contribution in [0.1, 0.15) is 37.7 Å². The van der Waals surface area contributed by atoms with Gasteiger partial charge in [-0.25, -0.2) is 15.8 Å². The zero-order valence-corrected chi connectivity index (χ0v) is 13.3. The Morgan fingerprint density at radius 1 is 0.952 bits per heavy atom. The number of benzene rings is 1. The van der Waals surface area contributed by atoms with E-state index in [9.17, 15) is 0 Å². The molecule has 21 heavy (non-hydrogen) atoms. The van der Waals surface area contributed by atoms with Crippen molar-refractivity contribution in [2.24, 2.45) is 5.84 Å². The Morgan fingerprint density at radius 2 is 1.62 bits per heavy atom. The van der Waals surface area contributed by atoms with Gasteiger partial charge >= 0.3 is 0 Å². The smallest absolute Gasteiger partial charge is 0.145 e. The molecule has 0 fully saturated rings. The third-order valence-electron chi connectivity index (χ3n) is 3.32. The van der Waals surface area contributed by atoms with E-state index >= 15 is 0 Å². The summed E-state index contributed by atoms with van der Waals surface area (Å²) in [5.41, 5.74) is 5.95. The molecule has 0 amide bonds. The lowest BCUT2D eigenvalue weighted by Gasteiger charge is -2.19. The molecule has 0 atom stereocenters. The molecule has 0 aliphatic heterocycles. The molecule has 0 spiro atoms. The second-order valence-corrected chi connectivity index (χ2v) is 6.28. The first-order valence-corrected chi connectivity index (χ1v) is 7.00. The Labute approximate surface area is 126 Å². The van der Waals surface area contributed by atoms with Gasteiger partial charge in [0.25, 0.3) is 0 Å². The number of nitrogens with two attached hydrogens (primary N) is 1. The number of hydrogen-bond donors (Lipinski definition) is 3. The predicted molar refractivity (Wildman–Crippen MR) is 87.7 cm³/mol. The molecule has 112 valence electrons.